The first-order valence-corrected chi connectivity index (χ1v) is 9.27. The molecule has 0 atom stereocenters. The molecule has 0 spiro atoms. The van der Waals surface area contributed by atoms with Gasteiger partial charge in [0.1, 0.15) is 4.90 Å². The molecule has 2 aromatic carbocycles. The van der Waals surface area contributed by atoms with Crippen LogP contribution in [-0.2, 0) is 10.0 Å². The highest BCUT2D eigenvalue weighted by Gasteiger charge is 2.32. The molecule has 0 unspecified atom stereocenters. The first-order chi connectivity index (χ1) is 10.2. The number of nitrogens with zero attached hydrogens (tertiary/aromatic N) is 1. The second kappa shape index (κ2) is 6.36. The maximum absolute atomic E-state index is 13.0. The largest absolute Gasteiger partial charge is 0.245 e. The Bertz CT molecular complexity index is 793. The van der Waals surface area contributed by atoms with E-state index in [0.717, 1.165) is 5.39 Å². The highest BCUT2D eigenvalue weighted by atomic mass is 35.5. The summed E-state index contributed by atoms with van der Waals surface area (Å²) >= 11 is 12.6. The number of halogens is 2. The fraction of sp³-hybridized carbons (Fsp3) is 0.375. The van der Waals surface area contributed by atoms with E-state index in [4.69, 9.17) is 23.2 Å². The molecule has 0 saturated carbocycles. The van der Waals surface area contributed by atoms with Gasteiger partial charge in [-0.25, -0.2) is 8.42 Å². The number of fused-ring (bicyclic) bond motifs is 1. The minimum absolute atomic E-state index is 0.0558. The Morgan fingerprint density at radius 2 is 1.45 bits per heavy atom. The minimum atomic E-state index is -3.73. The molecule has 0 aromatic heterocycles. The van der Waals surface area contributed by atoms with Crippen LogP contribution in [0.4, 0.5) is 0 Å². The molecule has 0 aliphatic rings. The fourth-order valence-corrected chi connectivity index (χ4v) is 5.52. The van der Waals surface area contributed by atoms with Crippen LogP contribution in [0.1, 0.15) is 27.7 Å². The number of hydrogen-bond donors (Lipinski definition) is 0. The normalized spacial score (nSPS) is 12.8. The molecule has 0 amide bonds. The van der Waals surface area contributed by atoms with Gasteiger partial charge in [0.15, 0.2) is 0 Å². The molecule has 0 saturated heterocycles. The standard InChI is InChI=1S/C16H19Cl2NO2S/c1-10(2)19(11(3)4)22(20,21)15-9-14(17)12-7-5-6-8-13(12)16(15)18/h5-11H,1-4H3. The van der Waals surface area contributed by atoms with Crippen molar-refractivity contribution in [1.29, 1.82) is 0 Å². The van der Waals surface area contributed by atoms with Gasteiger partial charge in [-0.3, -0.25) is 0 Å². The number of hydrogen-bond acceptors (Lipinski definition) is 2. The molecule has 0 N–H and O–H groups in total. The van der Waals surface area contributed by atoms with Crippen LogP contribution in [0.5, 0.6) is 0 Å². The van der Waals surface area contributed by atoms with Gasteiger partial charge in [-0.2, -0.15) is 4.31 Å². The van der Waals surface area contributed by atoms with E-state index in [1.54, 1.807) is 6.07 Å². The molecule has 0 fully saturated rings. The zero-order valence-electron chi connectivity index (χ0n) is 13.0. The molecule has 2 rings (SSSR count). The average molecular weight is 360 g/mol. The van der Waals surface area contributed by atoms with Gasteiger partial charge >= 0.3 is 0 Å². The Hall–Kier alpha value is -0.810. The predicted molar refractivity (Wildman–Crippen MR) is 93.3 cm³/mol. The number of rotatable bonds is 4. The SMILES string of the molecule is CC(C)N(C(C)C)S(=O)(=O)c1cc(Cl)c2ccccc2c1Cl. The summed E-state index contributed by atoms with van der Waals surface area (Å²) in [5, 5.41) is 1.98. The van der Waals surface area contributed by atoms with Gasteiger partial charge in [0.05, 0.1) is 5.02 Å². The molecule has 2 aromatic rings. The number of sulfonamides is 1. The van der Waals surface area contributed by atoms with Crippen molar-refractivity contribution < 1.29 is 8.42 Å². The third-order valence-corrected chi connectivity index (χ3v) is 6.58. The predicted octanol–water partition coefficient (Wildman–Crippen LogP) is 4.95. The average Bonchev–Trinajstić information content (AvgIpc) is 2.41. The summed E-state index contributed by atoms with van der Waals surface area (Å²) in [5.74, 6) is 0. The minimum Gasteiger partial charge on any atom is -0.207 e. The van der Waals surface area contributed by atoms with Crippen molar-refractivity contribution >= 4 is 44.0 Å². The van der Waals surface area contributed by atoms with E-state index in [9.17, 15) is 8.42 Å². The first kappa shape index (κ1) is 17.5. The second-order valence-electron chi connectivity index (χ2n) is 5.74. The van der Waals surface area contributed by atoms with Gasteiger partial charge in [-0.1, -0.05) is 47.5 Å². The van der Waals surface area contributed by atoms with Crippen LogP contribution in [-0.4, -0.2) is 24.8 Å². The van der Waals surface area contributed by atoms with E-state index in [0.29, 0.717) is 10.4 Å². The van der Waals surface area contributed by atoms with Crippen molar-refractivity contribution in [2.45, 2.75) is 44.7 Å². The van der Waals surface area contributed by atoms with E-state index in [2.05, 4.69) is 0 Å². The Balaban J connectivity index is 2.76. The van der Waals surface area contributed by atoms with E-state index in [1.165, 1.54) is 10.4 Å². The summed E-state index contributed by atoms with van der Waals surface area (Å²) in [6.45, 7) is 7.37. The fourth-order valence-electron chi connectivity index (χ4n) is 2.72. The Morgan fingerprint density at radius 3 is 1.95 bits per heavy atom. The molecule has 120 valence electrons. The van der Waals surface area contributed by atoms with Crippen LogP contribution in [0.25, 0.3) is 10.8 Å². The van der Waals surface area contributed by atoms with Gasteiger partial charge in [-0.15, -0.1) is 0 Å². The summed E-state index contributed by atoms with van der Waals surface area (Å²) in [7, 11) is -3.73. The Labute approximate surface area is 141 Å². The maximum atomic E-state index is 13.0. The monoisotopic (exact) mass is 359 g/mol. The van der Waals surface area contributed by atoms with Gasteiger partial charge in [0, 0.05) is 27.9 Å². The molecule has 0 bridgehead atoms. The van der Waals surface area contributed by atoms with Gasteiger partial charge < -0.3 is 0 Å². The van der Waals surface area contributed by atoms with Crippen LogP contribution < -0.4 is 0 Å². The van der Waals surface area contributed by atoms with Crippen molar-refractivity contribution in [3.63, 3.8) is 0 Å². The third-order valence-electron chi connectivity index (χ3n) is 3.47. The summed E-state index contributed by atoms with van der Waals surface area (Å²) < 4.78 is 27.5. The Morgan fingerprint density at radius 1 is 0.955 bits per heavy atom. The number of benzene rings is 2. The van der Waals surface area contributed by atoms with Crippen LogP contribution in [0.2, 0.25) is 10.0 Å². The van der Waals surface area contributed by atoms with E-state index < -0.39 is 10.0 Å². The van der Waals surface area contributed by atoms with Crippen molar-refractivity contribution in [2.75, 3.05) is 0 Å². The molecular weight excluding hydrogens is 341 g/mol. The second-order valence-corrected chi connectivity index (χ2v) is 8.34. The van der Waals surface area contributed by atoms with E-state index >= 15 is 0 Å². The van der Waals surface area contributed by atoms with Crippen LogP contribution >= 0.6 is 23.2 Å². The molecule has 6 heteroatoms. The summed E-state index contributed by atoms with van der Waals surface area (Å²) in [4.78, 5) is 0.0558. The van der Waals surface area contributed by atoms with Gasteiger partial charge in [0.25, 0.3) is 0 Å². The van der Waals surface area contributed by atoms with Crippen molar-refractivity contribution in [1.82, 2.24) is 4.31 Å². The lowest BCUT2D eigenvalue weighted by molar-refractivity contribution is 0.302. The maximum Gasteiger partial charge on any atom is 0.245 e. The van der Waals surface area contributed by atoms with Gasteiger partial charge in [-0.05, 0) is 33.8 Å². The lowest BCUT2D eigenvalue weighted by atomic mass is 10.1. The van der Waals surface area contributed by atoms with Crippen LogP contribution in [0, 0.1) is 0 Å². The Kier molecular flexibility index (Phi) is 5.07. The van der Waals surface area contributed by atoms with Crippen molar-refractivity contribution in [3.05, 3.63) is 40.4 Å². The molecular formula is C16H19Cl2NO2S. The zero-order chi connectivity index (χ0) is 16.7. The quantitative estimate of drug-likeness (QED) is 0.773. The summed E-state index contributed by atoms with van der Waals surface area (Å²) in [6.07, 6.45) is 0. The molecule has 3 nitrogen and oxygen atoms in total. The molecule has 0 aliphatic carbocycles. The topological polar surface area (TPSA) is 37.4 Å². The van der Waals surface area contributed by atoms with Crippen LogP contribution in [0.15, 0.2) is 35.2 Å². The van der Waals surface area contributed by atoms with E-state index in [1.807, 2.05) is 45.9 Å². The highest BCUT2D eigenvalue weighted by molar-refractivity contribution is 7.89. The van der Waals surface area contributed by atoms with E-state index in [-0.39, 0.29) is 22.0 Å². The third kappa shape index (κ3) is 2.98. The smallest absolute Gasteiger partial charge is 0.207 e. The van der Waals surface area contributed by atoms with Gasteiger partial charge in [0.2, 0.25) is 10.0 Å². The lowest BCUT2D eigenvalue weighted by Crippen LogP contribution is -2.42. The molecule has 22 heavy (non-hydrogen) atoms. The molecule has 0 radical (unpaired) electrons. The summed E-state index contributed by atoms with van der Waals surface area (Å²) in [5.41, 5.74) is 0. The van der Waals surface area contributed by atoms with Crippen LogP contribution in [0.3, 0.4) is 0 Å². The lowest BCUT2D eigenvalue weighted by Gasteiger charge is -2.30. The summed E-state index contributed by atoms with van der Waals surface area (Å²) in [6, 6.07) is 8.34. The highest BCUT2D eigenvalue weighted by Crippen LogP contribution is 2.37. The first-order valence-electron chi connectivity index (χ1n) is 7.08. The molecule has 0 aliphatic heterocycles. The zero-order valence-corrected chi connectivity index (χ0v) is 15.3. The van der Waals surface area contributed by atoms with Crippen molar-refractivity contribution in [3.8, 4) is 0 Å². The molecule has 0 heterocycles. The van der Waals surface area contributed by atoms with Crippen molar-refractivity contribution in [2.24, 2.45) is 0 Å².